The molecule has 2 atom stereocenters. The first-order chi connectivity index (χ1) is 19.0. The highest BCUT2D eigenvalue weighted by Crippen LogP contribution is 2.42. The summed E-state index contributed by atoms with van der Waals surface area (Å²) in [6.07, 6.45) is -12.7. The van der Waals surface area contributed by atoms with Gasteiger partial charge in [0.05, 0.1) is 30.8 Å². The Morgan fingerprint density at radius 2 is 1.51 bits per heavy atom. The van der Waals surface area contributed by atoms with E-state index in [0.29, 0.717) is 28.8 Å². The van der Waals surface area contributed by atoms with Gasteiger partial charge in [-0.25, -0.2) is 13.6 Å². The number of carbonyl (C=O) groups is 1. The number of benzene rings is 3. The van der Waals surface area contributed by atoms with E-state index in [1.165, 1.54) is 26.2 Å². The van der Waals surface area contributed by atoms with Gasteiger partial charge in [0.25, 0.3) is 0 Å². The molecule has 2 unspecified atom stereocenters. The Labute approximate surface area is 230 Å². The summed E-state index contributed by atoms with van der Waals surface area (Å²) in [5.74, 6) is -1.26. The lowest BCUT2D eigenvalue weighted by Crippen LogP contribution is -2.31. The molecule has 0 N–H and O–H groups in total. The Hall–Kier alpha value is -3.83. The van der Waals surface area contributed by atoms with E-state index < -0.39 is 58.9 Å². The van der Waals surface area contributed by atoms with Crippen LogP contribution in [0.15, 0.2) is 48.5 Å². The van der Waals surface area contributed by atoms with Gasteiger partial charge < -0.3 is 9.47 Å². The van der Waals surface area contributed by atoms with Crippen molar-refractivity contribution in [2.24, 2.45) is 0 Å². The molecule has 1 heterocycles. The molecular weight excluding hydrogens is 562 g/mol. The van der Waals surface area contributed by atoms with Crippen molar-refractivity contribution < 1.29 is 49.4 Å². The van der Waals surface area contributed by atoms with Crippen molar-refractivity contribution in [2.45, 2.75) is 57.7 Å². The second kappa shape index (κ2) is 10.9. The number of alkyl halides is 6. The van der Waals surface area contributed by atoms with Crippen LogP contribution in [0.3, 0.4) is 0 Å². The van der Waals surface area contributed by atoms with Gasteiger partial charge in [0.15, 0.2) is 0 Å². The number of cyclic esters (lactones) is 1. The maximum atomic E-state index is 14.6. The van der Waals surface area contributed by atoms with Gasteiger partial charge >= 0.3 is 18.4 Å². The molecule has 1 amide bonds. The number of amides is 1. The SMILES string of the molecule is COc1cc(F)c(C(C)C)cc1-c1ccc(F)cc1CN1C(=O)OC(c2cc(C(F)(F)F)cc(C(F)(F)F)c2)C1C. The van der Waals surface area contributed by atoms with Crippen LogP contribution in [-0.4, -0.2) is 24.1 Å². The van der Waals surface area contributed by atoms with Crippen molar-refractivity contribution >= 4 is 6.09 Å². The lowest BCUT2D eigenvalue weighted by molar-refractivity contribution is -0.143. The maximum absolute atomic E-state index is 14.6. The van der Waals surface area contributed by atoms with Crippen molar-refractivity contribution in [3.05, 3.63) is 88.0 Å². The fourth-order valence-electron chi connectivity index (χ4n) is 4.84. The van der Waals surface area contributed by atoms with Gasteiger partial charge in [-0.1, -0.05) is 19.9 Å². The Balaban J connectivity index is 1.75. The largest absolute Gasteiger partial charge is 0.496 e. The minimum absolute atomic E-state index is 0.0107. The summed E-state index contributed by atoms with van der Waals surface area (Å²) >= 11 is 0. The van der Waals surface area contributed by atoms with Gasteiger partial charge in [-0.2, -0.15) is 26.3 Å². The molecule has 0 aliphatic carbocycles. The smallest absolute Gasteiger partial charge is 0.416 e. The summed E-state index contributed by atoms with van der Waals surface area (Å²) < 4.78 is 120. The quantitative estimate of drug-likeness (QED) is 0.271. The van der Waals surface area contributed by atoms with Crippen LogP contribution >= 0.6 is 0 Å². The zero-order valence-corrected chi connectivity index (χ0v) is 22.3. The fraction of sp³-hybridized carbons (Fsp3) is 0.345. The molecule has 220 valence electrons. The fourth-order valence-corrected chi connectivity index (χ4v) is 4.84. The zero-order chi connectivity index (χ0) is 30.4. The predicted molar refractivity (Wildman–Crippen MR) is 133 cm³/mol. The summed E-state index contributed by atoms with van der Waals surface area (Å²) in [6.45, 7) is 4.64. The van der Waals surface area contributed by atoms with E-state index in [1.807, 2.05) is 0 Å². The standard InChI is InChI=1S/C29H25F8NO3/c1-14(2)22-11-23(25(40-4)12-24(22)31)21-6-5-20(30)9-17(21)13-38-15(3)26(41-27(38)39)16-7-18(28(32,33)34)10-19(8-16)29(35,36)37/h5-12,14-15,26H,13H2,1-4H3. The Kier molecular flexibility index (Phi) is 7.99. The third-order valence-electron chi connectivity index (χ3n) is 6.97. The molecule has 1 saturated heterocycles. The van der Waals surface area contributed by atoms with E-state index in [-0.39, 0.29) is 29.8 Å². The van der Waals surface area contributed by atoms with E-state index in [1.54, 1.807) is 19.9 Å². The molecule has 41 heavy (non-hydrogen) atoms. The lowest BCUT2D eigenvalue weighted by atomic mass is 9.92. The molecule has 1 aliphatic rings. The number of rotatable bonds is 6. The highest BCUT2D eigenvalue weighted by molar-refractivity contribution is 5.76. The van der Waals surface area contributed by atoms with Crippen molar-refractivity contribution in [2.75, 3.05) is 7.11 Å². The number of carbonyl (C=O) groups excluding carboxylic acids is 1. The normalized spacial score (nSPS) is 17.8. The molecule has 4 rings (SSSR count). The first kappa shape index (κ1) is 30.1. The van der Waals surface area contributed by atoms with Crippen molar-refractivity contribution in [3.63, 3.8) is 0 Å². The van der Waals surface area contributed by atoms with Gasteiger partial charge in [0, 0.05) is 11.6 Å². The molecule has 0 saturated carbocycles. The molecule has 1 aliphatic heterocycles. The van der Waals surface area contributed by atoms with Crippen LogP contribution in [0.2, 0.25) is 0 Å². The second-order valence-electron chi connectivity index (χ2n) is 10.0. The summed E-state index contributed by atoms with van der Waals surface area (Å²) in [6, 6.07) is 6.41. The van der Waals surface area contributed by atoms with Crippen molar-refractivity contribution in [3.8, 4) is 16.9 Å². The van der Waals surface area contributed by atoms with Crippen LogP contribution < -0.4 is 4.74 Å². The van der Waals surface area contributed by atoms with E-state index in [0.717, 1.165) is 17.0 Å². The topological polar surface area (TPSA) is 38.8 Å². The van der Waals surface area contributed by atoms with Crippen LogP contribution in [-0.2, 0) is 23.6 Å². The van der Waals surface area contributed by atoms with Gasteiger partial charge in [-0.3, -0.25) is 4.90 Å². The van der Waals surface area contributed by atoms with Crippen LogP contribution in [0, 0.1) is 11.6 Å². The zero-order valence-electron chi connectivity index (χ0n) is 22.3. The average molecular weight is 588 g/mol. The Bertz CT molecular complexity index is 1430. The molecule has 0 radical (unpaired) electrons. The van der Waals surface area contributed by atoms with Crippen LogP contribution in [0.25, 0.3) is 11.1 Å². The Morgan fingerprint density at radius 3 is 2.05 bits per heavy atom. The van der Waals surface area contributed by atoms with E-state index >= 15 is 0 Å². The maximum Gasteiger partial charge on any atom is 0.416 e. The third kappa shape index (κ3) is 6.11. The molecule has 3 aromatic carbocycles. The summed E-state index contributed by atoms with van der Waals surface area (Å²) in [7, 11) is 1.32. The number of ether oxygens (including phenoxy) is 2. The lowest BCUT2D eigenvalue weighted by Gasteiger charge is -2.24. The number of nitrogens with zero attached hydrogens (tertiary/aromatic N) is 1. The summed E-state index contributed by atoms with van der Waals surface area (Å²) in [5.41, 5.74) is -2.20. The van der Waals surface area contributed by atoms with Gasteiger partial charge in [-0.15, -0.1) is 0 Å². The molecule has 1 fully saturated rings. The molecule has 4 nitrogen and oxygen atoms in total. The summed E-state index contributed by atoms with van der Waals surface area (Å²) in [4.78, 5) is 14.0. The van der Waals surface area contributed by atoms with E-state index in [9.17, 15) is 39.9 Å². The number of hydrogen-bond acceptors (Lipinski definition) is 3. The van der Waals surface area contributed by atoms with Gasteiger partial charge in [0.1, 0.15) is 23.5 Å². The first-order valence-electron chi connectivity index (χ1n) is 12.4. The minimum atomic E-state index is -5.08. The van der Waals surface area contributed by atoms with Crippen molar-refractivity contribution in [1.29, 1.82) is 0 Å². The molecule has 0 aromatic heterocycles. The highest BCUT2D eigenvalue weighted by Gasteiger charge is 2.43. The number of halogens is 8. The molecule has 0 bridgehead atoms. The van der Waals surface area contributed by atoms with Gasteiger partial charge in [0.2, 0.25) is 0 Å². The number of hydrogen-bond donors (Lipinski definition) is 0. The average Bonchev–Trinajstić information content (AvgIpc) is 3.15. The van der Waals surface area contributed by atoms with E-state index in [4.69, 9.17) is 9.47 Å². The third-order valence-corrected chi connectivity index (χ3v) is 6.97. The minimum Gasteiger partial charge on any atom is -0.496 e. The molecule has 3 aromatic rings. The molecule has 12 heteroatoms. The van der Waals surface area contributed by atoms with Crippen LogP contribution in [0.1, 0.15) is 60.6 Å². The Morgan fingerprint density at radius 1 is 0.902 bits per heavy atom. The van der Waals surface area contributed by atoms with Crippen LogP contribution in [0.5, 0.6) is 5.75 Å². The summed E-state index contributed by atoms with van der Waals surface area (Å²) in [5, 5.41) is 0. The van der Waals surface area contributed by atoms with Gasteiger partial charge in [-0.05, 0) is 71.5 Å². The second-order valence-corrected chi connectivity index (χ2v) is 10.0. The highest BCUT2D eigenvalue weighted by atomic mass is 19.4. The molecule has 0 spiro atoms. The predicted octanol–water partition coefficient (Wildman–Crippen LogP) is 8.88. The monoisotopic (exact) mass is 587 g/mol. The number of methoxy groups -OCH3 is 1. The first-order valence-corrected chi connectivity index (χ1v) is 12.4. The van der Waals surface area contributed by atoms with Crippen LogP contribution in [0.4, 0.5) is 39.9 Å². The molecular formula is C29H25F8NO3. The van der Waals surface area contributed by atoms with Crippen molar-refractivity contribution in [1.82, 2.24) is 4.90 Å². The van der Waals surface area contributed by atoms with E-state index in [2.05, 4.69) is 0 Å².